The molecule has 0 amide bonds. The molecule has 2 aromatic rings. The van der Waals surface area contributed by atoms with Crippen molar-refractivity contribution < 1.29 is 0 Å². The quantitative estimate of drug-likeness (QED) is 0.929. The molecule has 2 N–H and O–H groups in total. The lowest BCUT2D eigenvalue weighted by atomic mass is 9.84. The Hall–Kier alpha value is -1.42. The molecular formula is C16H24N4. The van der Waals surface area contributed by atoms with Crippen LogP contribution < -0.4 is 5.73 Å². The Morgan fingerprint density at radius 2 is 2.15 bits per heavy atom. The molecular weight excluding hydrogens is 248 g/mol. The second-order valence-electron chi connectivity index (χ2n) is 7.13. The summed E-state index contributed by atoms with van der Waals surface area (Å²) in [4.78, 5) is 9.05. The number of nitrogens with zero attached hydrogens (tertiary/aromatic N) is 3. The zero-order chi connectivity index (χ0) is 14.3. The molecule has 1 unspecified atom stereocenters. The van der Waals surface area contributed by atoms with E-state index in [-0.39, 0.29) is 5.41 Å². The molecule has 0 bridgehead atoms. The van der Waals surface area contributed by atoms with Gasteiger partial charge in [-0.2, -0.15) is 0 Å². The van der Waals surface area contributed by atoms with Crippen LogP contribution in [-0.4, -0.2) is 21.1 Å². The van der Waals surface area contributed by atoms with Gasteiger partial charge in [0.1, 0.15) is 11.3 Å². The number of imidazole rings is 1. The van der Waals surface area contributed by atoms with Gasteiger partial charge in [0.15, 0.2) is 0 Å². The maximum absolute atomic E-state index is 6.05. The van der Waals surface area contributed by atoms with Crippen LogP contribution in [0.4, 0.5) is 0 Å². The summed E-state index contributed by atoms with van der Waals surface area (Å²) < 4.78 is 2.42. The first kappa shape index (κ1) is 13.6. The lowest BCUT2D eigenvalue weighted by Crippen LogP contribution is -2.22. The van der Waals surface area contributed by atoms with E-state index in [0.29, 0.717) is 18.5 Å². The fraction of sp³-hybridized carbons (Fsp3) is 0.625. The highest BCUT2D eigenvalue weighted by Crippen LogP contribution is 2.41. The van der Waals surface area contributed by atoms with Crippen LogP contribution in [0.1, 0.15) is 57.8 Å². The molecule has 108 valence electrons. The van der Waals surface area contributed by atoms with E-state index in [4.69, 9.17) is 10.7 Å². The fourth-order valence-corrected chi connectivity index (χ4v) is 2.99. The van der Waals surface area contributed by atoms with Gasteiger partial charge in [-0.05, 0) is 30.7 Å². The second-order valence-corrected chi connectivity index (χ2v) is 7.13. The summed E-state index contributed by atoms with van der Waals surface area (Å²) in [5.41, 5.74) is 8.53. The third-order valence-electron chi connectivity index (χ3n) is 3.94. The van der Waals surface area contributed by atoms with E-state index in [1.54, 1.807) is 0 Å². The molecule has 0 saturated heterocycles. The molecule has 4 heteroatoms. The molecule has 1 aliphatic rings. The molecule has 0 aliphatic heterocycles. The average molecular weight is 272 g/mol. The van der Waals surface area contributed by atoms with Crippen LogP contribution in [0.15, 0.2) is 18.5 Å². The first-order chi connectivity index (χ1) is 9.49. The molecule has 4 nitrogen and oxygen atoms in total. The Kier molecular flexibility index (Phi) is 3.28. The van der Waals surface area contributed by atoms with Gasteiger partial charge in [-0.15, -0.1) is 0 Å². The van der Waals surface area contributed by atoms with Crippen LogP contribution in [0.3, 0.4) is 0 Å². The van der Waals surface area contributed by atoms with Crippen molar-refractivity contribution in [2.75, 3.05) is 6.54 Å². The molecule has 1 saturated carbocycles. The summed E-state index contributed by atoms with van der Waals surface area (Å²) in [6.45, 7) is 7.45. The topological polar surface area (TPSA) is 56.7 Å². The summed E-state index contributed by atoms with van der Waals surface area (Å²) in [7, 11) is 0. The molecule has 3 rings (SSSR count). The van der Waals surface area contributed by atoms with Crippen molar-refractivity contribution in [2.24, 2.45) is 11.1 Å². The van der Waals surface area contributed by atoms with Crippen LogP contribution >= 0.6 is 0 Å². The smallest absolute Gasteiger partial charge is 0.114 e. The maximum atomic E-state index is 6.05. The van der Waals surface area contributed by atoms with Gasteiger partial charge in [0.25, 0.3) is 0 Å². The van der Waals surface area contributed by atoms with Gasteiger partial charge in [-0.3, -0.25) is 4.98 Å². The Bertz CT molecular complexity index is 604. The van der Waals surface area contributed by atoms with Crippen LogP contribution in [-0.2, 0) is 0 Å². The number of fused-ring (bicyclic) bond motifs is 1. The number of pyridine rings is 1. The number of nitrogens with two attached hydrogens (primary N) is 1. The monoisotopic (exact) mass is 272 g/mol. The minimum absolute atomic E-state index is 0.259. The van der Waals surface area contributed by atoms with Gasteiger partial charge < -0.3 is 10.3 Å². The van der Waals surface area contributed by atoms with Crippen LogP contribution in [0.2, 0.25) is 0 Å². The van der Waals surface area contributed by atoms with Crippen molar-refractivity contribution in [3.05, 3.63) is 24.3 Å². The van der Waals surface area contributed by atoms with Crippen molar-refractivity contribution in [1.82, 2.24) is 14.5 Å². The highest BCUT2D eigenvalue weighted by Gasteiger charge is 2.32. The van der Waals surface area contributed by atoms with Crippen LogP contribution in [0.5, 0.6) is 0 Å². The number of hydrogen-bond donors (Lipinski definition) is 1. The van der Waals surface area contributed by atoms with E-state index < -0.39 is 0 Å². The lowest BCUT2D eigenvalue weighted by molar-refractivity contribution is 0.332. The van der Waals surface area contributed by atoms with Crippen LogP contribution in [0, 0.1) is 5.41 Å². The summed E-state index contributed by atoms with van der Waals surface area (Å²) >= 11 is 0. The van der Waals surface area contributed by atoms with Crippen molar-refractivity contribution >= 4 is 11.0 Å². The summed E-state index contributed by atoms with van der Waals surface area (Å²) in [5.74, 6) is 1.48. The minimum atomic E-state index is 0.259. The van der Waals surface area contributed by atoms with Gasteiger partial charge in [-0.25, -0.2) is 4.98 Å². The molecule has 0 spiro atoms. The largest absolute Gasteiger partial charge is 0.330 e. The fourth-order valence-electron chi connectivity index (χ4n) is 2.99. The van der Waals surface area contributed by atoms with E-state index in [1.165, 1.54) is 18.4 Å². The van der Waals surface area contributed by atoms with Gasteiger partial charge in [0.2, 0.25) is 0 Å². The van der Waals surface area contributed by atoms with Gasteiger partial charge in [0.05, 0.1) is 11.7 Å². The number of aromatic nitrogens is 3. The molecule has 2 aromatic heterocycles. The SMILES string of the molecule is CC(C)(C)CC(CN)c1nc2cnccc2n1C1CC1. The molecule has 2 heterocycles. The third kappa shape index (κ3) is 2.57. The predicted octanol–water partition coefficient (Wildman–Crippen LogP) is 3.24. The molecule has 0 radical (unpaired) electrons. The number of hydrogen-bond acceptors (Lipinski definition) is 3. The normalized spacial score (nSPS) is 17.6. The van der Waals surface area contributed by atoms with E-state index >= 15 is 0 Å². The average Bonchev–Trinajstić information content (AvgIpc) is 3.15. The Morgan fingerprint density at radius 1 is 1.40 bits per heavy atom. The minimum Gasteiger partial charge on any atom is -0.330 e. The zero-order valence-electron chi connectivity index (χ0n) is 12.6. The van der Waals surface area contributed by atoms with Gasteiger partial charge in [-0.1, -0.05) is 20.8 Å². The lowest BCUT2D eigenvalue weighted by Gasteiger charge is -2.25. The first-order valence-electron chi connectivity index (χ1n) is 7.51. The summed E-state index contributed by atoms with van der Waals surface area (Å²) in [5, 5.41) is 0. The molecule has 1 atom stereocenters. The molecule has 20 heavy (non-hydrogen) atoms. The number of rotatable bonds is 4. The summed E-state index contributed by atoms with van der Waals surface area (Å²) in [6, 6.07) is 2.70. The van der Waals surface area contributed by atoms with Gasteiger partial charge >= 0.3 is 0 Å². The van der Waals surface area contributed by atoms with E-state index in [0.717, 1.165) is 17.8 Å². The Balaban J connectivity index is 2.07. The van der Waals surface area contributed by atoms with Crippen molar-refractivity contribution in [1.29, 1.82) is 0 Å². The van der Waals surface area contributed by atoms with E-state index in [2.05, 4.69) is 36.4 Å². The Labute approximate surface area is 120 Å². The third-order valence-corrected chi connectivity index (χ3v) is 3.94. The van der Waals surface area contributed by atoms with E-state index in [1.807, 2.05) is 12.4 Å². The van der Waals surface area contributed by atoms with Crippen LogP contribution in [0.25, 0.3) is 11.0 Å². The molecule has 1 fully saturated rings. The Morgan fingerprint density at radius 3 is 2.75 bits per heavy atom. The predicted molar refractivity (Wildman–Crippen MR) is 81.7 cm³/mol. The second kappa shape index (κ2) is 4.85. The highest BCUT2D eigenvalue weighted by molar-refractivity contribution is 5.75. The highest BCUT2D eigenvalue weighted by atomic mass is 15.1. The van der Waals surface area contributed by atoms with Crippen molar-refractivity contribution in [2.45, 2.75) is 52.0 Å². The zero-order valence-corrected chi connectivity index (χ0v) is 12.6. The van der Waals surface area contributed by atoms with Crippen molar-refractivity contribution in [3.8, 4) is 0 Å². The maximum Gasteiger partial charge on any atom is 0.114 e. The molecule has 0 aromatic carbocycles. The first-order valence-corrected chi connectivity index (χ1v) is 7.51. The molecule has 1 aliphatic carbocycles. The van der Waals surface area contributed by atoms with E-state index in [9.17, 15) is 0 Å². The van der Waals surface area contributed by atoms with Gasteiger partial charge in [0, 0.05) is 24.7 Å². The van der Waals surface area contributed by atoms with Crippen molar-refractivity contribution in [3.63, 3.8) is 0 Å². The standard InChI is InChI=1S/C16H24N4/c1-16(2,3)8-11(9-17)15-19-13-10-18-7-6-14(13)20(15)12-4-5-12/h6-7,10-12H,4-5,8-9,17H2,1-3H3. The summed E-state index contributed by atoms with van der Waals surface area (Å²) in [6.07, 6.45) is 7.30.